The summed E-state index contributed by atoms with van der Waals surface area (Å²) in [5, 5.41) is 13.3. The van der Waals surface area contributed by atoms with E-state index < -0.39 is 0 Å². The molecule has 2 aromatic rings. The number of halogens is 1. The van der Waals surface area contributed by atoms with Crippen LogP contribution in [0.3, 0.4) is 0 Å². The lowest BCUT2D eigenvalue weighted by molar-refractivity contribution is 0.478. The molecular formula is C13H12BrN3O. The number of rotatable bonds is 4. The SMILES string of the molecule is CCCn1cc(Oc2cccc(Br)c2C#N)cn1. The fraction of sp³-hybridized carbons (Fsp3) is 0.231. The molecular weight excluding hydrogens is 294 g/mol. The summed E-state index contributed by atoms with van der Waals surface area (Å²) in [4.78, 5) is 0. The molecule has 0 aliphatic rings. The van der Waals surface area contributed by atoms with Gasteiger partial charge in [-0.2, -0.15) is 10.4 Å². The molecule has 0 unspecified atom stereocenters. The molecule has 0 atom stereocenters. The van der Waals surface area contributed by atoms with E-state index in [1.807, 2.05) is 23.0 Å². The van der Waals surface area contributed by atoms with Gasteiger partial charge in [0, 0.05) is 11.0 Å². The van der Waals surface area contributed by atoms with Crippen molar-refractivity contribution in [2.45, 2.75) is 19.9 Å². The Hall–Kier alpha value is -1.80. The largest absolute Gasteiger partial charge is 0.453 e. The second-order valence-electron chi connectivity index (χ2n) is 3.77. The van der Waals surface area contributed by atoms with E-state index in [-0.39, 0.29) is 0 Å². The van der Waals surface area contributed by atoms with Gasteiger partial charge >= 0.3 is 0 Å². The van der Waals surface area contributed by atoms with Crippen molar-refractivity contribution in [2.75, 3.05) is 0 Å². The summed E-state index contributed by atoms with van der Waals surface area (Å²) < 4.78 is 8.22. The first kappa shape index (κ1) is 12.7. The Bertz CT molecular complexity index is 586. The molecule has 2 rings (SSSR count). The van der Waals surface area contributed by atoms with Crippen LogP contribution in [0.15, 0.2) is 35.1 Å². The maximum absolute atomic E-state index is 9.09. The maximum Gasteiger partial charge on any atom is 0.165 e. The first-order valence-corrected chi connectivity index (χ1v) is 6.42. The second-order valence-corrected chi connectivity index (χ2v) is 4.62. The summed E-state index contributed by atoms with van der Waals surface area (Å²) >= 11 is 3.33. The average Bonchev–Trinajstić information content (AvgIpc) is 2.77. The zero-order valence-corrected chi connectivity index (χ0v) is 11.5. The number of benzene rings is 1. The number of ether oxygens (including phenoxy) is 1. The van der Waals surface area contributed by atoms with Crippen LogP contribution < -0.4 is 4.74 Å². The Morgan fingerprint density at radius 3 is 3.06 bits per heavy atom. The van der Waals surface area contributed by atoms with Gasteiger partial charge in [-0.05, 0) is 34.5 Å². The summed E-state index contributed by atoms with van der Waals surface area (Å²) in [5.41, 5.74) is 0.487. The van der Waals surface area contributed by atoms with Crippen molar-refractivity contribution in [2.24, 2.45) is 0 Å². The number of hydrogen-bond donors (Lipinski definition) is 0. The third kappa shape index (κ3) is 2.71. The topological polar surface area (TPSA) is 50.8 Å². The van der Waals surface area contributed by atoms with E-state index in [1.165, 1.54) is 0 Å². The highest BCUT2D eigenvalue weighted by atomic mass is 79.9. The molecule has 0 saturated carbocycles. The fourth-order valence-electron chi connectivity index (χ4n) is 1.57. The Balaban J connectivity index is 2.23. The first-order chi connectivity index (χ1) is 8.74. The van der Waals surface area contributed by atoms with Crippen molar-refractivity contribution in [3.05, 3.63) is 40.6 Å². The van der Waals surface area contributed by atoms with Crippen LogP contribution in [-0.4, -0.2) is 9.78 Å². The summed E-state index contributed by atoms with van der Waals surface area (Å²) in [6.07, 6.45) is 4.49. The Morgan fingerprint density at radius 1 is 1.50 bits per heavy atom. The predicted octanol–water partition coefficient (Wildman–Crippen LogP) is 3.72. The minimum absolute atomic E-state index is 0.487. The van der Waals surface area contributed by atoms with Crippen molar-refractivity contribution in [3.8, 4) is 17.6 Å². The lowest BCUT2D eigenvalue weighted by atomic mass is 10.2. The van der Waals surface area contributed by atoms with Crippen LogP contribution in [0, 0.1) is 11.3 Å². The lowest BCUT2D eigenvalue weighted by Crippen LogP contribution is -1.95. The zero-order chi connectivity index (χ0) is 13.0. The number of hydrogen-bond acceptors (Lipinski definition) is 3. The highest BCUT2D eigenvalue weighted by molar-refractivity contribution is 9.10. The molecule has 1 aromatic carbocycles. The molecule has 5 heteroatoms. The van der Waals surface area contributed by atoms with Crippen LogP contribution in [0.2, 0.25) is 0 Å². The van der Waals surface area contributed by atoms with Crippen LogP contribution in [0.4, 0.5) is 0 Å². The monoisotopic (exact) mass is 305 g/mol. The summed E-state index contributed by atoms with van der Waals surface area (Å²) in [6.45, 7) is 2.94. The molecule has 0 saturated heterocycles. The number of nitriles is 1. The molecule has 0 radical (unpaired) electrons. The minimum atomic E-state index is 0.487. The number of aryl methyl sites for hydroxylation is 1. The predicted molar refractivity (Wildman–Crippen MR) is 71.4 cm³/mol. The number of aromatic nitrogens is 2. The van der Waals surface area contributed by atoms with Crippen LogP contribution in [-0.2, 0) is 6.54 Å². The van der Waals surface area contributed by atoms with Crippen LogP contribution in [0.5, 0.6) is 11.5 Å². The van der Waals surface area contributed by atoms with E-state index in [0.717, 1.165) is 17.4 Å². The molecule has 4 nitrogen and oxygen atoms in total. The third-order valence-electron chi connectivity index (χ3n) is 2.38. The molecule has 1 aromatic heterocycles. The van der Waals surface area contributed by atoms with Crippen molar-refractivity contribution >= 4 is 15.9 Å². The average molecular weight is 306 g/mol. The molecule has 1 heterocycles. The van der Waals surface area contributed by atoms with Gasteiger partial charge in [-0.1, -0.05) is 13.0 Å². The Kier molecular flexibility index (Phi) is 4.00. The molecule has 0 N–H and O–H groups in total. The smallest absolute Gasteiger partial charge is 0.165 e. The lowest BCUT2D eigenvalue weighted by Gasteiger charge is -2.05. The molecule has 0 spiro atoms. The van der Waals surface area contributed by atoms with Crippen molar-refractivity contribution in [3.63, 3.8) is 0 Å². The van der Waals surface area contributed by atoms with Gasteiger partial charge in [-0.15, -0.1) is 0 Å². The Labute approximate surface area is 114 Å². The quantitative estimate of drug-likeness (QED) is 0.865. The summed E-state index contributed by atoms with van der Waals surface area (Å²) in [7, 11) is 0. The van der Waals surface area contributed by atoms with Crippen molar-refractivity contribution < 1.29 is 4.74 Å². The van der Waals surface area contributed by atoms with E-state index in [9.17, 15) is 0 Å². The highest BCUT2D eigenvalue weighted by Gasteiger charge is 2.09. The highest BCUT2D eigenvalue weighted by Crippen LogP contribution is 2.29. The van der Waals surface area contributed by atoms with Gasteiger partial charge in [0.25, 0.3) is 0 Å². The second kappa shape index (κ2) is 5.69. The van der Waals surface area contributed by atoms with E-state index in [4.69, 9.17) is 10.00 Å². The van der Waals surface area contributed by atoms with Gasteiger partial charge < -0.3 is 4.74 Å². The number of nitrogens with zero attached hydrogens (tertiary/aromatic N) is 3. The van der Waals surface area contributed by atoms with Gasteiger partial charge in [0.15, 0.2) is 5.75 Å². The normalized spacial score (nSPS) is 10.1. The fourth-order valence-corrected chi connectivity index (χ4v) is 2.01. The van der Waals surface area contributed by atoms with E-state index in [0.29, 0.717) is 17.1 Å². The van der Waals surface area contributed by atoms with Crippen LogP contribution >= 0.6 is 15.9 Å². The van der Waals surface area contributed by atoms with Gasteiger partial charge in [-0.3, -0.25) is 4.68 Å². The van der Waals surface area contributed by atoms with E-state index >= 15 is 0 Å². The van der Waals surface area contributed by atoms with Gasteiger partial charge in [0.1, 0.15) is 17.4 Å². The molecule has 0 amide bonds. The van der Waals surface area contributed by atoms with Crippen LogP contribution in [0.1, 0.15) is 18.9 Å². The van der Waals surface area contributed by atoms with Gasteiger partial charge in [0.05, 0.1) is 12.4 Å². The van der Waals surface area contributed by atoms with Crippen molar-refractivity contribution in [1.29, 1.82) is 5.26 Å². The molecule has 0 bridgehead atoms. The molecule has 18 heavy (non-hydrogen) atoms. The summed E-state index contributed by atoms with van der Waals surface area (Å²) in [5.74, 6) is 1.17. The van der Waals surface area contributed by atoms with Crippen LogP contribution in [0.25, 0.3) is 0 Å². The molecule has 0 fully saturated rings. The van der Waals surface area contributed by atoms with Gasteiger partial charge in [0.2, 0.25) is 0 Å². The molecule has 0 aliphatic heterocycles. The maximum atomic E-state index is 9.09. The van der Waals surface area contributed by atoms with E-state index in [1.54, 1.807) is 12.3 Å². The third-order valence-corrected chi connectivity index (χ3v) is 3.04. The standard InChI is InChI=1S/C13H12BrN3O/c1-2-6-17-9-10(8-16-17)18-13-5-3-4-12(14)11(13)7-15/h3-5,8-9H,2,6H2,1H3. The first-order valence-electron chi connectivity index (χ1n) is 5.63. The minimum Gasteiger partial charge on any atom is -0.453 e. The van der Waals surface area contributed by atoms with Crippen molar-refractivity contribution in [1.82, 2.24) is 9.78 Å². The molecule has 0 aliphatic carbocycles. The zero-order valence-electron chi connectivity index (χ0n) is 9.93. The summed E-state index contributed by atoms with van der Waals surface area (Å²) in [6, 6.07) is 7.52. The Morgan fingerprint density at radius 2 is 2.33 bits per heavy atom. The molecule has 92 valence electrons. The van der Waals surface area contributed by atoms with E-state index in [2.05, 4.69) is 34.0 Å². The van der Waals surface area contributed by atoms with Gasteiger partial charge in [-0.25, -0.2) is 0 Å².